The van der Waals surface area contributed by atoms with Gasteiger partial charge in [0, 0.05) is 31.9 Å². The number of nitro benzene ring substituents is 1. The minimum atomic E-state index is -1.07. The summed E-state index contributed by atoms with van der Waals surface area (Å²) in [6, 6.07) is 9.61. The number of amides is 3. The summed E-state index contributed by atoms with van der Waals surface area (Å²) in [5, 5.41) is 27.6. The van der Waals surface area contributed by atoms with Crippen LogP contribution in [0.15, 0.2) is 47.1 Å². The number of aromatic nitrogens is 2. The van der Waals surface area contributed by atoms with Gasteiger partial charge >= 0.3 is 11.7 Å². The molecule has 234 valence electrons. The van der Waals surface area contributed by atoms with Gasteiger partial charge in [-0.1, -0.05) is 30.3 Å². The van der Waals surface area contributed by atoms with E-state index in [1.807, 2.05) is 6.07 Å². The number of benzene rings is 2. The standard InChI is InChI=1S/C28H33N7O9/c1-28(2,3)43-23(37)16-30-26(38)21-12-14-42-34(21)27(39)19(15-17-7-5-4-6-8-17)31-22(36)11-13-29-18-9-10-20(35(40)41)25-24(18)32-44-33-25/h4-10,19,21,29H,11-16H2,1-3H3,(H,30,38)(H,31,36)/t19-,21-/m0/s1. The molecule has 16 nitrogen and oxygen atoms in total. The minimum Gasteiger partial charge on any atom is -0.459 e. The second-order valence-electron chi connectivity index (χ2n) is 10.9. The molecule has 2 atom stereocenters. The molecule has 3 N–H and O–H groups in total. The van der Waals surface area contributed by atoms with Crippen molar-refractivity contribution >= 4 is 46.1 Å². The molecule has 16 heteroatoms. The highest BCUT2D eigenvalue weighted by Crippen LogP contribution is 2.28. The van der Waals surface area contributed by atoms with Crippen molar-refractivity contribution in [3.63, 3.8) is 0 Å². The van der Waals surface area contributed by atoms with Crippen molar-refractivity contribution in [1.29, 1.82) is 0 Å². The molecule has 0 spiro atoms. The van der Waals surface area contributed by atoms with Crippen molar-refractivity contribution in [3.8, 4) is 0 Å². The van der Waals surface area contributed by atoms with E-state index < -0.39 is 46.3 Å². The zero-order valence-electron chi connectivity index (χ0n) is 24.4. The molecule has 0 saturated carbocycles. The molecule has 1 saturated heterocycles. The topological polar surface area (TPSA) is 208 Å². The van der Waals surface area contributed by atoms with Crippen molar-refractivity contribution < 1.29 is 38.3 Å². The highest BCUT2D eigenvalue weighted by molar-refractivity contribution is 5.94. The molecule has 2 heterocycles. The first-order chi connectivity index (χ1) is 20.9. The fourth-order valence-corrected chi connectivity index (χ4v) is 4.50. The van der Waals surface area contributed by atoms with Crippen LogP contribution in [0.3, 0.4) is 0 Å². The maximum Gasteiger partial charge on any atom is 0.325 e. The highest BCUT2D eigenvalue weighted by Gasteiger charge is 2.39. The number of rotatable bonds is 12. The Morgan fingerprint density at radius 2 is 1.84 bits per heavy atom. The summed E-state index contributed by atoms with van der Waals surface area (Å²) in [5.41, 5.74) is 0.253. The van der Waals surface area contributed by atoms with Crippen LogP contribution in [-0.4, -0.2) is 81.4 Å². The molecule has 1 aromatic heterocycles. The molecule has 0 aliphatic carbocycles. The molecule has 1 fully saturated rings. The molecule has 0 bridgehead atoms. The number of non-ortho nitro benzene ring substituents is 1. The van der Waals surface area contributed by atoms with Crippen molar-refractivity contribution in [2.45, 2.75) is 57.7 Å². The van der Waals surface area contributed by atoms with Crippen LogP contribution in [0.1, 0.15) is 39.2 Å². The van der Waals surface area contributed by atoms with Gasteiger partial charge in [-0.15, -0.1) is 0 Å². The van der Waals surface area contributed by atoms with E-state index in [2.05, 4.69) is 30.9 Å². The summed E-state index contributed by atoms with van der Waals surface area (Å²) in [4.78, 5) is 67.7. The van der Waals surface area contributed by atoms with Crippen LogP contribution in [0.25, 0.3) is 11.0 Å². The third-order valence-corrected chi connectivity index (χ3v) is 6.43. The summed E-state index contributed by atoms with van der Waals surface area (Å²) in [5.74, 6) is -2.32. The van der Waals surface area contributed by atoms with Crippen LogP contribution in [0.5, 0.6) is 0 Å². The number of hydrogen-bond donors (Lipinski definition) is 3. The molecule has 44 heavy (non-hydrogen) atoms. The SMILES string of the molecule is CC(C)(C)OC(=O)CNC(=O)[C@@H]1CCON1C(=O)[C@H](Cc1ccccc1)NC(=O)CCNc1ccc([N+](=O)[O-])c2nonc12. The summed E-state index contributed by atoms with van der Waals surface area (Å²) >= 11 is 0. The molecule has 3 amide bonds. The number of hydroxylamine groups is 2. The van der Waals surface area contributed by atoms with Crippen molar-refractivity contribution in [2.24, 2.45) is 0 Å². The maximum atomic E-state index is 13.6. The lowest BCUT2D eigenvalue weighted by Gasteiger charge is -2.27. The van der Waals surface area contributed by atoms with Crippen molar-refractivity contribution in [2.75, 3.05) is 25.0 Å². The Labute approximate surface area is 251 Å². The van der Waals surface area contributed by atoms with E-state index in [1.165, 1.54) is 12.1 Å². The van der Waals surface area contributed by atoms with E-state index in [4.69, 9.17) is 9.57 Å². The Morgan fingerprint density at radius 3 is 2.55 bits per heavy atom. The molecule has 1 aliphatic heterocycles. The normalized spacial score (nSPS) is 15.4. The number of anilines is 1. The average molecular weight is 612 g/mol. The molecule has 0 unspecified atom stereocenters. The van der Waals surface area contributed by atoms with Gasteiger partial charge in [0.15, 0.2) is 5.52 Å². The lowest BCUT2D eigenvalue weighted by molar-refractivity contribution is -0.383. The van der Waals surface area contributed by atoms with Crippen LogP contribution >= 0.6 is 0 Å². The molecule has 1 aliphatic rings. The zero-order chi connectivity index (χ0) is 31.9. The number of ether oxygens (including phenoxy) is 1. The van der Waals surface area contributed by atoms with Crippen LogP contribution in [0, 0.1) is 10.1 Å². The lowest BCUT2D eigenvalue weighted by Crippen LogP contribution is -2.54. The molecule has 2 aromatic carbocycles. The van der Waals surface area contributed by atoms with Gasteiger partial charge < -0.3 is 20.7 Å². The number of hydrogen-bond acceptors (Lipinski definition) is 12. The van der Waals surface area contributed by atoms with Crippen molar-refractivity contribution in [3.05, 3.63) is 58.1 Å². The van der Waals surface area contributed by atoms with Gasteiger partial charge in [-0.05, 0) is 42.7 Å². The first-order valence-corrected chi connectivity index (χ1v) is 13.9. The van der Waals surface area contributed by atoms with E-state index in [0.717, 1.165) is 10.6 Å². The quantitative estimate of drug-likeness (QED) is 0.152. The molecule has 0 radical (unpaired) electrons. The van der Waals surface area contributed by atoms with Gasteiger partial charge in [-0.3, -0.25) is 34.1 Å². The smallest absolute Gasteiger partial charge is 0.325 e. The summed E-state index contributed by atoms with van der Waals surface area (Å²) in [6.07, 6.45) is 0.240. The number of carbonyl (C=O) groups is 4. The lowest BCUT2D eigenvalue weighted by atomic mass is 10.0. The van der Waals surface area contributed by atoms with E-state index in [0.29, 0.717) is 5.69 Å². The van der Waals surface area contributed by atoms with Crippen LogP contribution in [0.4, 0.5) is 11.4 Å². The number of carbonyl (C=O) groups excluding carboxylic acids is 4. The number of fused-ring (bicyclic) bond motifs is 1. The van der Waals surface area contributed by atoms with E-state index >= 15 is 0 Å². The van der Waals surface area contributed by atoms with E-state index in [-0.39, 0.29) is 55.7 Å². The Kier molecular flexibility index (Phi) is 10.0. The Balaban J connectivity index is 1.40. The Bertz CT molecular complexity index is 1520. The number of esters is 1. The highest BCUT2D eigenvalue weighted by atomic mass is 16.7. The predicted molar refractivity (Wildman–Crippen MR) is 154 cm³/mol. The summed E-state index contributed by atoms with van der Waals surface area (Å²) in [6.45, 7) is 4.92. The second-order valence-corrected chi connectivity index (χ2v) is 10.9. The molecule has 3 aromatic rings. The number of nitro groups is 1. The first kappa shape index (κ1) is 31.8. The maximum absolute atomic E-state index is 13.6. The van der Waals surface area contributed by atoms with E-state index in [1.54, 1.807) is 45.0 Å². The van der Waals surface area contributed by atoms with Gasteiger partial charge in [-0.2, -0.15) is 0 Å². The number of nitrogens with one attached hydrogen (secondary N) is 3. The summed E-state index contributed by atoms with van der Waals surface area (Å²) < 4.78 is 9.86. The third-order valence-electron chi connectivity index (χ3n) is 6.43. The minimum absolute atomic E-state index is 0.0340. The van der Waals surface area contributed by atoms with Gasteiger partial charge in [0.1, 0.15) is 24.2 Å². The second kappa shape index (κ2) is 13.9. The fourth-order valence-electron chi connectivity index (χ4n) is 4.50. The third kappa shape index (κ3) is 8.25. The monoisotopic (exact) mass is 611 g/mol. The molecular formula is C28H33N7O9. The largest absolute Gasteiger partial charge is 0.459 e. The average Bonchev–Trinajstić information content (AvgIpc) is 3.65. The zero-order valence-corrected chi connectivity index (χ0v) is 24.4. The fraction of sp³-hybridized carbons (Fsp3) is 0.429. The predicted octanol–water partition coefficient (Wildman–Crippen LogP) is 1.65. The first-order valence-electron chi connectivity index (χ1n) is 13.9. The van der Waals surface area contributed by atoms with Gasteiger partial charge in [0.05, 0.1) is 17.2 Å². The van der Waals surface area contributed by atoms with E-state index in [9.17, 15) is 29.3 Å². The Morgan fingerprint density at radius 1 is 1.11 bits per heavy atom. The van der Waals surface area contributed by atoms with Gasteiger partial charge in [0.2, 0.25) is 17.3 Å². The van der Waals surface area contributed by atoms with Crippen LogP contribution < -0.4 is 16.0 Å². The van der Waals surface area contributed by atoms with Crippen LogP contribution in [-0.2, 0) is 35.2 Å². The summed E-state index contributed by atoms with van der Waals surface area (Å²) in [7, 11) is 0. The molecule has 4 rings (SSSR count). The molecular weight excluding hydrogens is 578 g/mol. The van der Waals surface area contributed by atoms with Gasteiger partial charge in [-0.25, -0.2) is 9.69 Å². The van der Waals surface area contributed by atoms with Crippen LogP contribution in [0.2, 0.25) is 0 Å². The van der Waals surface area contributed by atoms with Crippen molar-refractivity contribution in [1.82, 2.24) is 26.0 Å². The Hall–Kier alpha value is -5.12. The van der Waals surface area contributed by atoms with Gasteiger partial charge in [0.25, 0.3) is 5.91 Å². The number of nitrogens with zero attached hydrogens (tertiary/aromatic N) is 4.